The van der Waals surface area contributed by atoms with Crippen LogP contribution in [0.2, 0.25) is 5.02 Å². The minimum Gasteiger partial charge on any atom is -0.353 e. The highest BCUT2D eigenvalue weighted by Crippen LogP contribution is 2.30. The third kappa shape index (κ3) is 3.30. The number of rotatable bonds is 4. The number of nitrogens with zero attached hydrogens (tertiary/aromatic N) is 4. The molecule has 0 amide bonds. The molecule has 0 bridgehead atoms. The van der Waals surface area contributed by atoms with Crippen molar-refractivity contribution in [3.05, 3.63) is 35.1 Å². The van der Waals surface area contributed by atoms with Crippen molar-refractivity contribution >= 4 is 28.3 Å². The molecule has 1 fully saturated rings. The quantitative estimate of drug-likeness (QED) is 0.735. The average molecular weight is 359 g/mol. The normalized spacial score (nSPS) is 15.0. The fourth-order valence-electron chi connectivity index (χ4n) is 2.97. The highest BCUT2D eigenvalue weighted by molar-refractivity contribution is 6.33. The van der Waals surface area contributed by atoms with Gasteiger partial charge in [0.15, 0.2) is 5.82 Å². The van der Waals surface area contributed by atoms with Crippen LogP contribution in [0, 0.1) is 0 Å². The maximum absolute atomic E-state index is 6.49. The van der Waals surface area contributed by atoms with E-state index in [1.807, 2.05) is 24.3 Å². The number of fused-ring (bicyclic) bond motifs is 1. The molecule has 130 valence electrons. The van der Waals surface area contributed by atoms with Crippen molar-refractivity contribution in [2.75, 3.05) is 37.6 Å². The van der Waals surface area contributed by atoms with Crippen LogP contribution in [-0.2, 0) is 6.42 Å². The van der Waals surface area contributed by atoms with E-state index >= 15 is 0 Å². The van der Waals surface area contributed by atoms with Crippen molar-refractivity contribution in [1.82, 2.24) is 20.4 Å². The minimum absolute atomic E-state index is 0.479. The summed E-state index contributed by atoms with van der Waals surface area (Å²) < 4.78 is 5.32. The van der Waals surface area contributed by atoms with Crippen molar-refractivity contribution in [1.29, 1.82) is 0 Å². The van der Waals surface area contributed by atoms with Gasteiger partial charge in [-0.05, 0) is 30.8 Å². The molecule has 0 atom stereocenters. The molecule has 0 radical (unpaired) electrons. The van der Waals surface area contributed by atoms with Crippen LogP contribution in [0.4, 0.5) is 5.82 Å². The van der Waals surface area contributed by atoms with E-state index in [0.29, 0.717) is 29.7 Å². The van der Waals surface area contributed by atoms with Gasteiger partial charge in [-0.15, -0.1) is 0 Å². The summed E-state index contributed by atoms with van der Waals surface area (Å²) in [5, 5.41) is 8.87. The molecule has 1 aliphatic heterocycles. The molecule has 25 heavy (non-hydrogen) atoms. The van der Waals surface area contributed by atoms with Crippen LogP contribution in [0.1, 0.15) is 5.82 Å². The van der Waals surface area contributed by atoms with Gasteiger partial charge in [-0.1, -0.05) is 16.8 Å². The van der Waals surface area contributed by atoms with Gasteiger partial charge in [-0.25, -0.2) is 4.98 Å². The predicted octanol–water partition coefficient (Wildman–Crippen LogP) is 1.85. The van der Waals surface area contributed by atoms with E-state index in [1.54, 1.807) is 0 Å². The average Bonchev–Trinajstić information content (AvgIpc) is 3.10. The van der Waals surface area contributed by atoms with E-state index < -0.39 is 0 Å². The number of piperazine rings is 1. The predicted molar refractivity (Wildman–Crippen MR) is 97.9 cm³/mol. The summed E-state index contributed by atoms with van der Waals surface area (Å²) in [6, 6.07) is 7.81. The van der Waals surface area contributed by atoms with Crippen LogP contribution < -0.4 is 16.0 Å². The Morgan fingerprint density at radius 3 is 2.84 bits per heavy atom. The van der Waals surface area contributed by atoms with Crippen molar-refractivity contribution in [2.45, 2.75) is 6.42 Å². The first-order valence-electron chi connectivity index (χ1n) is 8.33. The van der Waals surface area contributed by atoms with Gasteiger partial charge in [0.1, 0.15) is 5.82 Å². The number of hydrogen-bond donors (Lipinski definition) is 2. The Kier molecular flexibility index (Phi) is 4.52. The van der Waals surface area contributed by atoms with Gasteiger partial charge in [0.05, 0.1) is 10.5 Å². The number of hydrogen-bond acceptors (Lipinski definition) is 7. The molecule has 3 heterocycles. The number of anilines is 1. The highest BCUT2D eigenvalue weighted by atomic mass is 35.5. The zero-order chi connectivity index (χ0) is 17.2. The number of nitrogens with two attached hydrogens (primary N) is 1. The molecule has 8 heteroatoms. The molecular formula is C17H19ClN6O. The molecular weight excluding hydrogens is 340 g/mol. The smallest absolute Gasteiger partial charge is 0.257 e. The number of pyridine rings is 1. The highest BCUT2D eigenvalue weighted by Gasteiger charge is 2.16. The molecule has 3 N–H and O–H groups in total. The zero-order valence-electron chi connectivity index (χ0n) is 13.7. The summed E-state index contributed by atoms with van der Waals surface area (Å²) in [6.45, 7) is 4.18. The largest absolute Gasteiger partial charge is 0.353 e. The Hall–Kier alpha value is -2.22. The maximum atomic E-state index is 6.49. The zero-order valence-corrected chi connectivity index (χ0v) is 14.5. The van der Waals surface area contributed by atoms with E-state index in [0.717, 1.165) is 48.5 Å². The summed E-state index contributed by atoms with van der Waals surface area (Å²) in [7, 11) is 0. The first-order valence-corrected chi connectivity index (χ1v) is 8.71. The Bertz CT molecular complexity index is 890. The molecule has 0 saturated carbocycles. The van der Waals surface area contributed by atoms with Crippen molar-refractivity contribution in [2.24, 2.45) is 5.73 Å². The summed E-state index contributed by atoms with van der Waals surface area (Å²) in [5.41, 5.74) is 7.26. The van der Waals surface area contributed by atoms with Crippen LogP contribution in [-0.4, -0.2) is 47.8 Å². The molecule has 1 aromatic carbocycles. The molecule has 7 nitrogen and oxygen atoms in total. The lowest BCUT2D eigenvalue weighted by Crippen LogP contribution is -2.44. The van der Waals surface area contributed by atoms with E-state index in [1.165, 1.54) is 0 Å². The second-order valence-electron chi connectivity index (χ2n) is 5.99. The molecule has 0 aliphatic carbocycles. The molecule has 0 unspecified atom stereocenters. The van der Waals surface area contributed by atoms with Gasteiger partial charge in [-0.3, -0.25) is 0 Å². The molecule has 3 aromatic rings. The molecule has 1 saturated heterocycles. The molecule has 2 aromatic heterocycles. The van der Waals surface area contributed by atoms with Crippen LogP contribution in [0.5, 0.6) is 0 Å². The van der Waals surface area contributed by atoms with E-state index in [-0.39, 0.29) is 0 Å². The SMILES string of the molecule is NCCc1noc(-c2ccc3nc(N4CCNCC4)c(Cl)cc3c2)n1. The van der Waals surface area contributed by atoms with Crippen LogP contribution in [0.3, 0.4) is 0 Å². The van der Waals surface area contributed by atoms with Gasteiger partial charge in [0, 0.05) is 43.5 Å². The Labute approximate surface area is 150 Å². The number of halogens is 1. The minimum atomic E-state index is 0.479. The van der Waals surface area contributed by atoms with Crippen molar-refractivity contribution < 1.29 is 4.52 Å². The summed E-state index contributed by atoms with van der Waals surface area (Å²) in [4.78, 5) is 11.3. The summed E-state index contributed by atoms with van der Waals surface area (Å²) >= 11 is 6.49. The lowest BCUT2D eigenvalue weighted by atomic mass is 10.1. The standard InChI is InChI=1S/C17H19ClN6O/c18-13-10-12-9-11(17-22-15(3-4-19)23-25-17)1-2-14(12)21-16(13)24-7-5-20-6-8-24/h1-2,9-10,20H,3-8,19H2. The van der Waals surface area contributed by atoms with Gasteiger partial charge in [-0.2, -0.15) is 4.98 Å². The topological polar surface area (TPSA) is 93.1 Å². The van der Waals surface area contributed by atoms with Crippen molar-refractivity contribution in [3.63, 3.8) is 0 Å². The van der Waals surface area contributed by atoms with E-state index in [4.69, 9.17) is 26.8 Å². The maximum Gasteiger partial charge on any atom is 0.257 e. The van der Waals surface area contributed by atoms with Crippen LogP contribution in [0.15, 0.2) is 28.8 Å². The third-order valence-corrected chi connectivity index (χ3v) is 4.53. The Morgan fingerprint density at radius 1 is 1.20 bits per heavy atom. The molecule has 1 aliphatic rings. The monoisotopic (exact) mass is 358 g/mol. The second kappa shape index (κ2) is 6.95. The lowest BCUT2D eigenvalue weighted by Gasteiger charge is -2.29. The molecule has 4 rings (SSSR count). The lowest BCUT2D eigenvalue weighted by molar-refractivity contribution is 0.422. The van der Waals surface area contributed by atoms with Crippen LogP contribution >= 0.6 is 11.6 Å². The first-order chi connectivity index (χ1) is 12.2. The van der Waals surface area contributed by atoms with Gasteiger partial charge in [0.25, 0.3) is 5.89 Å². The first kappa shape index (κ1) is 16.3. The number of nitrogens with one attached hydrogen (secondary N) is 1. The second-order valence-corrected chi connectivity index (χ2v) is 6.40. The van der Waals surface area contributed by atoms with Gasteiger partial charge in [0.2, 0.25) is 0 Å². The molecule has 0 spiro atoms. The Balaban J connectivity index is 1.68. The fourth-order valence-corrected chi connectivity index (χ4v) is 3.25. The fraction of sp³-hybridized carbons (Fsp3) is 0.353. The van der Waals surface area contributed by atoms with Gasteiger partial charge >= 0.3 is 0 Å². The summed E-state index contributed by atoms with van der Waals surface area (Å²) in [5.74, 6) is 1.93. The van der Waals surface area contributed by atoms with Gasteiger partial charge < -0.3 is 20.5 Å². The third-order valence-electron chi connectivity index (χ3n) is 4.25. The summed E-state index contributed by atoms with van der Waals surface area (Å²) in [6.07, 6.45) is 0.596. The van der Waals surface area contributed by atoms with Crippen molar-refractivity contribution in [3.8, 4) is 11.5 Å². The van der Waals surface area contributed by atoms with E-state index in [9.17, 15) is 0 Å². The number of benzene rings is 1. The number of aromatic nitrogens is 3. The van der Waals surface area contributed by atoms with E-state index in [2.05, 4.69) is 20.4 Å². The van der Waals surface area contributed by atoms with Crippen LogP contribution in [0.25, 0.3) is 22.4 Å². The Morgan fingerprint density at radius 2 is 2.04 bits per heavy atom.